The zero-order valence-corrected chi connectivity index (χ0v) is 13.4. The van der Waals surface area contributed by atoms with Gasteiger partial charge in [-0.1, -0.05) is 24.3 Å². The zero-order chi connectivity index (χ0) is 16.9. The number of anilines is 2. The molecule has 122 valence electrons. The summed E-state index contributed by atoms with van der Waals surface area (Å²) in [5, 5.41) is 6.72. The fraction of sp³-hybridized carbons (Fsp3) is 0.158. The van der Waals surface area contributed by atoms with Crippen LogP contribution in [-0.2, 0) is 16.0 Å². The van der Waals surface area contributed by atoms with Gasteiger partial charge in [-0.2, -0.15) is 0 Å². The first-order valence-electron chi connectivity index (χ1n) is 7.84. The molecule has 24 heavy (non-hydrogen) atoms. The van der Waals surface area contributed by atoms with E-state index in [-0.39, 0.29) is 11.8 Å². The third-order valence-corrected chi connectivity index (χ3v) is 3.76. The highest BCUT2D eigenvalue weighted by atomic mass is 16.2. The maximum absolute atomic E-state index is 12.2. The summed E-state index contributed by atoms with van der Waals surface area (Å²) in [6.45, 7) is 1.45. The van der Waals surface area contributed by atoms with Crippen molar-refractivity contribution in [3.8, 4) is 0 Å². The summed E-state index contributed by atoms with van der Waals surface area (Å²) in [6.07, 6.45) is 3.02. The molecule has 0 atom stereocenters. The Morgan fingerprint density at radius 2 is 1.75 bits per heavy atom. The number of carbonyl (C=O) groups excluding carboxylic acids is 2. The van der Waals surface area contributed by atoms with Gasteiger partial charge in [-0.25, -0.2) is 0 Å². The van der Waals surface area contributed by atoms with Gasteiger partial charge >= 0.3 is 0 Å². The number of aromatic amines is 1. The Hall–Kier alpha value is -3.08. The highest BCUT2D eigenvalue weighted by Crippen LogP contribution is 2.20. The van der Waals surface area contributed by atoms with Crippen LogP contribution < -0.4 is 10.6 Å². The van der Waals surface area contributed by atoms with Gasteiger partial charge in [0.05, 0.1) is 0 Å². The third kappa shape index (κ3) is 3.81. The van der Waals surface area contributed by atoms with Crippen molar-refractivity contribution in [3.63, 3.8) is 0 Å². The molecule has 5 heteroatoms. The van der Waals surface area contributed by atoms with E-state index in [0.29, 0.717) is 24.2 Å². The second-order valence-corrected chi connectivity index (χ2v) is 5.67. The molecule has 0 aliphatic heterocycles. The molecule has 0 saturated carbocycles. The average molecular weight is 321 g/mol. The molecular weight excluding hydrogens is 302 g/mol. The Balaban J connectivity index is 1.61. The number of rotatable bonds is 5. The number of benzene rings is 2. The lowest BCUT2D eigenvalue weighted by molar-refractivity contribution is -0.116. The predicted octanol–water partition coefficient (Wildman–Crippen LogP) is 3.70. The molecule has 2 aromatic carbocycles. The summed E-state index contributed by atoms with van der Waals surface area (Å²) in [5.41, 5.74) is 3.55. The van der Waals surface area contributed by atoms with Gasteiger partial charge in [0.1, 0.15) is 0 Å². The maximum Gasteiger partial charge on any atom is 0.224 e. The summed E-state index contributed by atoms with van der Waals surface area (Å²) in [4.78, 5) is 26.5. The van der Waals surface area contributed by atoms with Crippen LogP contribution >= 0.6 is 0 Å². The van der Waals surface area contributed by atoms with Crippen LogP contribution in [0.25, 0.3) is 10.9 Å². The van der Waals surface area contributed by atoms with Crippen molar-refractivity contribution in [2.45, 2.75) is 19.8 Å². The Morgan fingerprint density at radius 1 is 1.00 bits per heavy atom. The van der Waals surface area contributed by atoms with Crippen molar-refractivity contribution < 1.29 is 9.59 Å². The van der Waals surface area contributed by atoms with Crippen LogP contribution in [0.2, 0.25) is 0 Å². The van der Waals surface area contributed by atoms with Crippen LogP contribution in [0, 0.1) is 0 Å². The number of para-hydroxylation sites is 1. The molecule has 0 saturated heterocycles. The highest BCUT2D eigenvalue weighted by molar-refractivity contribution is 5.93. The lowest BCUT2D eigenvalue weighted by Gasteiger charge is -2.07. The number of hydrogen-bond acceptors (Lipinski definition) is 2. The molecule has 1 aromatic heterocycles. The van der Waals surface area contributed by atoms with Crippen LogP contribution in [0.3, 0.4) is 0 Å². The molecule has 0 radical (unpaired) electrons. The molecule has 5 nitrogen and oxygen atoms in total. The monoisotopic (exact) mass is 321 g/mol. The van der Waals surface area contributed by atoms with Crippen molar-refractivity contribution in [1.29, 1.82) is 0 Å². The fourth-order valence-electron chi connectivity index (χ4n) is 2.69. The smallest absolute Gasteiger partial charge is 0.224 e. The number of carbonyl (C=O) groups is 2. The molecule has 0 aliphatic rings. The minimum atomic E-state index is -0.141. The van der Waals surface area contributed by atoms with Gasteiger partial charge in [0.2, 0.25) is 11.8 Å². The molecule has 0 fully saturated rings. The van der Waals surface area contributed by atoms with Crippen molar-refractivity contribution in [3.05, 3.63) is 60.3 Å². The number of aromatic nitrogens is 1. The lowest BCUT2D eigenvalue weighted by atomic mass is 10.1. The maximum atomic E-state index is 12.2. The highest BCUT2D eigenvalue weighted by Gasteiger charge is 2.07. The van der Waals surface area contributed by atoms with E-state index >= 15 is 0 Å². The Morgan fingerprint density at radius 3 is 2.54 bits per heavy atom. The molecule has 0 aliphatic carbocycles. The lowest BCUT2D eigenvalue weighted by Crippen LogP contribution is -2.13. The van der Waals surface area contributed by atoms with Gasteiger partial charge < -0.3 is 15.6 Å². The van der Waals surface area contributed by atoms with Gasteiger partial charge in [0.15, 0.2) is 0 Å². The van der Waals surface area contributed by atoms with Gasteiger partial charge in [0.25, 0.3) is 0 Å². The van der Waals surface area contributed by atoms with E-state index in [1.807, 2.05) is 24.4 Å². The standard InChI is InChI=1S/C19H19N3O2/c1-13(23)21-15-5-4-6-16(11-15)22-19(24)10-9-14-12-20-18-8-3-2-7-17(14)18/h2-8,11-12,20H,9-10H2,1H3,(H,21,23)(H,22,24). The molecule has 3 N–H and O–H groups in total. The Kier molecular flexibility index (Phi) is 4.61. The minimum Gasteiger partial charge on any atom is -0.361 e. The first-order valence-corrected chi connectivity index (χ1v) is 7.84. The van der Waals surface area contributed by atoms with Gasteiger partial charge in [0, 0.05) is 41.8 Å². The van der Waals surface area contributed by atoms with Gasteiger partial charge in [-0.15, -0.1) is 0 Å². The molecule has 1 heterocycles. The van der Waals surface area contributed by atoms with Crippen molar-refractivity contribution in [2.24, 2.45) is 0 Å². The second kappa shape index (κ2) is 7.00. The van der Waals surface area contributed by atoms with Crippen LogP contribution in [0.5, 0.6) is 0 Å². The molecular formula is C19H19N3O2. The zero-order valence-electron chi connectivity index (χ0n) is 13.4. The number of amides is 2. The van der Waals surface area contributed by atoms with Crippen LogP contribution in [0.1, 0.15) is 18.9 Å². The number of H-pyrrole nitrogens is 1. The van der Waals surface area contributed by atoms with E-state index in [1.165, 1.54) is 6.92 Å². The van der Waals surface area contributed by atoms with Gasteiger partial charge in [-0.3, -0.25) is 9.59 Å². The molecule has 2 amide bonds. The Labute approximate surface area is 140 Å². The number of fused-ring (bicyclic) bond motifs is 1. The molecule has 3 rings (SSSR count). The van der Waals surface area contributed by atoms with E-state index in [9.17, 15) is 9.59 Å². The summed E-state index contributed by atoms with van der Waals surface area (Å²) >= 11 is 0. The van der Waals surface area contributed by atoms with Crippen LogP contribution in [0.4, 0.5) is 11.4 Å². The fourth-order valence-corrected chi connectivity index (χ4v) is 2.69. The van der Waals surface area contributed by atoms with Crippen LogP contribution in [-0.4, -0.2) is 16.8 Å². The number of aryl methyl sites for hydroxylation is 1. The van der Waals surface area contributed by atoms with Crippen LogP contribution in [0.15, 0.2) is 54.7 Å². The summed E-state index contributed by atoms with van der Waals surface area (Å²) in [6, 6.07) is 15.2. The minimum absolute atomic E-state index is 0.0553. The SMILES string of the molecule is CC(=O)Nc1cccc(NC(=O)CCc2c[nH]c3ccccc23)c1. The third-order valence-electron chi connectivity index (χ3n) is 3.76. The van der Waals surface area contributed by atoms with E-state index in [1.54, 1.807) is 24.3 Å². The van der Waals surface area contributed by atoms with Crippen molar-refractivity contribution in [1.82, 2.24) is 4.98 Å². The topological polar surface area (TPSA) is 74.0 Å². The van der Waals surface area contributed by atoms with Crippen molar-refractivity contribution >= 4 is 34.1 Å². The number of nitrogens with one attached hydrogen (secondary N) is 3. The summed E-state index contributed by atoms with van der Waals surface area (Å²) in [7, 11) is 0. The summed E-state index contributed by atoms with van der Waals surface area (Å²) < 4.78 is 0. The number of hydrogen-bond donors (Lipinski definition) is 3. The van der Waals surface area contributed by atoms with E-state index in [0.717, 1.165) is 16.5 Å². The summed E-state index contributed by atoms with van der Waals surface area (Å²) in [5.74, 6) is -0.196. The molecule has 3 aromatic rings. The van der Waals surface area contributed by atoms with E-state index < -0.39 is 0 Å². The average Bonchev–Trinajstić information content (AvgIpc) is 2.96. The van der Waals surface area contributed by atoms with Crippen molar-refractivity contribution in [2.75, 3.05) is 10.6 Å². The largest absolute Gasteiger partial charge is 0.361 e. The molecule has 0 spiro atoms. The van der Waals surface area contributed by atoms with E-state index in [2.05, 4.69) is 21.7 Å². The van der Waals surface area contributed by atoms with E-state index in [4.69, 9.17) is 0 Å². The predicted molar refractivity (Wildman–Crippen MR) is 96.0 cm³/mol. The quantitative estimate of drug-likeness (QED) is 0.670. The molecule has 0 bridgehead atoms. The first kappa shape index (κ1) is 15.8. The second-order valence-electron chi connectivity index (χ2n) is 5.67. The van der Waals surface area contributed by atoms with Gasteiger partial charge in [-0.05, 0) is 36.2 Å². The normalized spacial score (nSPS) is 10.5. The first-order chi connectivity index (χ1) is 11.6. The Bertz CT molecular complexity index is 883. The molecule has 0 unspecified atom stereocenters.